The normalized spacial score (nSPS) is 13.1. The minimum absolute atomic E-state index is 0.193. The van der Waals surface area contributed by atoms with E-state index in [0.29, 0.717) is 0 Å². The van der Waals surface area contributed by atoms with Crippen molar-refractivity contribution in [2.75, 3.05) is 0 Å². The second-order valence-corrected chi connectivity index (χ2v) is 15.3. The Hall–Kier alpha value is -6.90. The molecule has 0 radical (unpaired) electrons. The molecular weight excluding hydrogens is 665 g/mol. The third-order valence-corrected chi connectivity index (χ3v) is 11.8. The third-order valence-electron chi connectivity index (χ3n) is 11.8. The van der Waals surface area contributed by atoms with Crippen LogP contribution >= 0.6 is 0 Å². The molecule has 0 bridgehead atoms. The fourth-order valence-corrected chi connectivity index (χ4v) is 9.19. The van der Waals surface area contributed by atoms with E-state index in [4.69, 9.17) is 9.97 Å². The third kappa shape index (κ3) is 4.88. The summed E-state index contributed by atoms with van der Waals surface area (Å²) in [6.45, 7) is 4.82. The van der Waals surface area contributed by atoms with Gasteiger partial charge in [0.25, 0.3) is 0 Å². The van der Waals surface area contributed by atoms with E-state index in [1.807, 2.05) is 18.2 Å². The first kappa shape index (κ1) is 31.6. The number of nitrogens with zero attached hydrogens (tertiary/aromatic N) is 2. The van der Waals surface area contributed by atoms with Gasteiger partial charge in [0.2, 0.25) is 0 Å². The molecule has 2 heteroatoms. The highest BCUT2D eigenvalue weighted by atomic mass is 14.9. The smallest absolute Gasteiger partial charge is 0.160 e. The van der Waals surface area contributed by atoms with E-state index >= 15 is 0 Å². The molecule has 0 unspecified atom stereocenters. The molecule has 10 aromatic rings. The molecule has 9 aromatic carbocycles. The molecule has 0 saturated heterocycles. The Labute approximate surface area is 320 Å². The van der Waals surface area contributed by atoms with Crippen LogP contribution in [0.2, 0.25) is 0 Å². The van der Waals surface area contributed by atoms with Gasteiger partial charge in [-0.3, -0.25) is 0 Å². The minimum atomic E-state index is -0.193. The Balaban J connectivity index is 1.07. The van der Waals surface area contributed by atoms with E-state index in [1.165, 1.54) is 76.5 Å². The zero-order valence-corrected chi connectivity index (χ0v) is 30.7. The van der Waals surface area contributed by atoms with Crippen LogP contribution in [0.4, 0.5) is 0 Å². The molecule has 1 aliphatic rings. The summed E-state index contributed by atoms with van der Waals surface area (Å²) in [6, 6.07) is 65.8. The van der Waals surface area contributed by atoms with E-state index in [1.54, 1.807) is 0 Å². The first-order valence-electron chi connectivity index (χ1n) is 19.1. The van der Waals surface area contributed by atoms with Crippen LogP contribution in [-0.2, 0) is 5.41 Å². The molecule has 258 valence electrons. The van der Waals surface area contributed by atoms with Gasteiger partial charge < -0.3 is 0 Å². The fourth-order valence-electron chi connectivity index (χ4n) is 9.19. The molecule has 2 nitrogen and oxygen atoms in total. The summed E-state index contributed by atoms with van der Waals surface area (Å²) in [4.78, 5) is 10.2. The topological polar surface area (TPSA) is 25.8 Å². The summed E-state index contributed by atoms with van der Waals surface area (Å²) in [5.74, 6) is 0.719. The van der Waals surface area contributed by atoms with Gasteiger partial charge in [0.15, 0.2) is 5.82 Å². The Morgan fingerprint density at radius 2 is 0.891 bits per heavy atom. The van der Waals surface area contributed by atoms with Crippen molar-refractivity contribution in [2.24, 2.45) is 0 Å². The lowest BCUT2D eigenvalue weighted by Crippen LogP contribution is -2.16. The Kier molecular flexibility index (Phi) is 6.93. The fraction of sp³-hybridized carbons (Fsp3) is 0.0566. The van der Waals surface area contributed by atoms with Gasteiger partial charge in [-0.15, -0.1) is 0 Å². The molecular formula is C53H36N2. The number of benzene rings is 9. The molecule has 1 aromatic heterocycles. The minimum Gasteiger partial charge on any atom is -0.228 e. The molecule has 1 aliphatic carbocycles. The van der Waals surface area contributed by atoms with Crippen molar-refractivity contribution in [3.8, 4) is 56.2 Å². The molecule has 0 amide bonds. The summed E-state index contributed by atoms with van der Waals surface area (Å²) >= 11 is 0. The van der Waals surface area contributed by atoms with Crippen LogP contribution in [0.15, 0.2) is 182 Å². The van der Waals surface area contributed by atoms with Crippen molar-refractivity contribution in [3.05, 3.63) is 193 Å². The van der Waals surface area contributed by atoms with E-state index < -0.39 is 0 Å². The van der Waals surface area contributed by atoms with E-state index in [9.17, 15) is 0 Å². The van der Waals surface area contributed by atoms with E-state index in [0.717, 1.165) is 33.9 Å². The highest BCUT2D eigenvalue weighted by Gasteiger charge is 2.40. The molecule has 1 heterocycles. The molecule has 0 fully saturated rings. The SMILES string of the molecule is CC1(C)c2cc(-c3ccc(-c4cc(-c5ccc6ccccc6c5)nc(-c5ccccc5)n4)cc3)c3ccccc3c2-c2c1c1ccccc1c1ccccc21. The van der Waals surface area contributed by atoms with Crippen LogP contribution in [-0.4, -0.2) is 9.97 Å². The first-order valence-corrected chi connectivity index (χ1v) is 19.1. The lowest BCUT2D eigenvalue weighted by molar-refractivity contribution is 0.667. The lowest BCUT2D eigenvalue weighted by atomic mass is 9.78. The van der Waals surface area contributed by atoms with Crippen molar-refractivity contribution < 1.29 is 0 Å². The lowest BCUT2D eigenvalue weighted by Gasteiger charge is -2.25. The molecule has 55 heavy (non-hydrogen) atoms. The van der Waals surface area contributed by atoms with Gasteiger partial charge in [0, 0.05) is 22.1 Å². The highest BCUT2D eigenvalue weighted by Crippen LogP contribution is 2.57. The Morgan fingerprint density at radius 1 is 0.364 bits per heavy atom. The maximum atomic E-state index is 5.14. The van der Waals surface area contributed by atoms with Gasteiger partial charge >= 0.3 is 0 Å². The van der Waals surface area contributed by atoms with Crippen LogP contribution in [0.5, 0.6) is 0 Å². The number of rotatable bonds is 4. The molecule has 0 aliphatic heterocycles. The number of aromatic nitrogens is 2. The Bertz CT molecular complexity index is 3160. The maximum absolute atomic E-state index is 5.14. The monoisotopic (exact) mass is 700 g/mol. The number of hydrogen-bond donors (Lipinski definition) is 0. The average Bonchev–Trinajstić information content (AvgIpc) is 3.50. The van der Waals surface area contributed by atoms with Gasteiger partial charge in [-0.25, -0.2) is 9.97 Å². The Morgan fingerprint density at radius 3 is 1.62 bits per heavy atom. The zero-order chi connectivity index (χ0) is 36.7. The van der Waals surface area contributed by atoms with Gasteiger partial charge in [-0.2, -0.15) is 0 Å². The number of hydrogen-bond acceptors (Lipinski definition) is 2. The first-order chi connectivity index (χ1) is 27.0. The molecule has 0 spiro atoms. The van der Waals surface area contributed by atoms with E-state index in [-0.39, 0.29) is 5.41 Å². The largest absolute Gasteiger partial charge is 0.228 e. The van der Waals surface area contributed by atoms with Crippen molar-refractivity contribution in [2.45, 2.75) is 19.3 Å². The second-order valence-electron chi connectivity index (χ2n) is 15.3. The van der Waals surface area contributed by atoms with Crippen LogP contribution in [0.25, 0.3) is 99.2 Å². The van der Waals surface area contributed by atoms with E-state index in [2.05, 4.69) is 178 Å². The molecule has 0 atom stereocenters. The molecule has 0 N–H and O–H groups in total. The van der Waals surface area contributed by atoms with Crippen LogP contribution < -0.4 is 0 Å². The summed E-state index contributed by atoms with van der Waals surface area (Å²) < 4.78 is 0. The quantitative estimate of drug-likeness (QED) is 0.171. The maximum Gasteiger partial charge on any atom is 0.160 e. The van der Waals surface area contributed by atoms with Gasteiger partial charge in [0.1, 0.15) is 0 Å². The summed E-state index contributed by atoms with van der Waals surface area (Å²) in [5.41, 5.74) is 12.7. The van der Waals surface area contributed by atoms with Crippen molar-refractivity contribution in [1.29, 1.82) is 0 Å². The van der Waals surface area contributed by atoms with Gasteiger partial charge in [0.05, 0.1) is 11.4 Å². The predicted octanol–water partition coefficient (Wildman–Crippen LogP) is 14.1. The van der Waals surface area contributed by atoms with Gasteiger partial charge in [-0.05, 0) is 94.7 Å². The second kappa shape index (κ2) is 12.1. The van der Waals surface area contributed by atoms with Crippen molar-refractivity contribution in [3.63, 3.8) is 0 Å². The summed E-state index contributed by atoms with van der Waals surface area (Å²) in [6.07, 6.45) is 0. The summed E-state index contributed by atoms with van der Waals surface area (Å²) in [5, 5.41) is 10.3. The van der Waals surface area contributed by atoms with Crippen molar-refractivity contribution >= 4 is 43.1 Å². The van der Waals surface area contributed by atoms with Crippen LogP contribution in [0, 0.1) is 0 Å². The standard InChI is InChI=1S/C53H36N2/c1-53(2)46-31-45(41-20-9-11-21-42(41)49(46)50-43-22-12-8-18-39(43)40-19-10-13-23-44(40)51(50)53)34-25-27-35(28-26-34)47-32-48(55-52(54-47)36-15-4-3-5-16-36)38-29-24-33-14-6-7-17-37(33)30-38/h3-32H,1-2H3. The molecule has 0 saturated carbocycles. The zero-order valence-electron chi connectivity index (χ0n) is 30.7. The summed E-state index contributed by atoms with van der Waals surface area (Å²) in [7, 11) is 0. The van der Waals surface area contributed by atoms with Crippen LogP contribution in [0.3, 0.4) is 0 Å². The predicted molar refractivity (Wildman–Crippen MR) is 231 cm³/mol. The van der Waals surface area contributed by atoms with Crippen LogP contribution in [0.1, 0.15) is 25.0 Å². The van der Waals surface area contributed by atoms with Crippen molar-refractivity contribution in [1.82, 2.24) is 9.97 Å². The van der Waals surface area contributed by atoms with Gasteiger partial charge in [-0.1, -0.05) is 178 Å². The average molecular weight is 701 g/mol. The number of fused-ring (bicyclic) bond motifs is 11. The molecule has 11 rings (SSSR count). The highest BCUT2D eigenvalue weighted by molar-refractivity contribution is 6.22.